The van der Waals surface area contributed by atoms with Gasteiger partial charge in [0.15, 0.2) is 0 Å². The Morgan fingerprint density at radius 3 is 2.92 bits per heavy atom. The molecule has 0 N–H and O–H groups in total. The van der Waals surface area contributed by atoms with Crippen molar-refractivity contribution in [2.45, 2.75) is 6.61 Å². The standard InChI is InChI=1S/C15H12ClFN2O4S/c16-13-7-12(17)3-1-11(13)9-23-15(20)10-2-4-14-18-24(21,22)6-5-19(14)8-10/h1-4,7-8H,5-6,9H2. The number of rotatable bonds is 3. The van der Waals surface area contributed by atoms with Crippen LogP contribution in [0.5, 0.6) is 0 Å². The van der Waals surface area contributed by atoms with Gasteiger partial charge in [0, 0.05) is 18.3 Å². The van der Waals surface area contributed by atoms with Gasteiger partial charge in [0.1, 0.15) is 18.3 Å². The SMILES string of the molecule is O=C(OCc1ccc(F)cc1Cl)C1=CN2CCS(=O)(=O)N=C2C=C1. The Hall–Kier alpha value is -2.19. The number of amidine groups is 1. The Morgan fingerprint density at radius 1 is 1.38 bits per heavy atom. The molecule has 3 rings (SSSR count). The van der Waals surface area contributed by atoms with Crippen molar-refractivity contribution in [3.8, 4) is 0 Å². The van der Waals surface area contributed by atoms with Gasteiger partial charge in [-0.1, -0.05) is 17.7 Å². The number of hydrogen-bond donors (Lipinski definition) is 0. The molecule has 0 spiro atoms. The van der Waals surface area contributed by atoms with Crippen molar-refractivity contribution in [3.05, 3.63) is 58.5 Å². The minimum absolute atomic E-state index is 0.0988. The third-order valence-electron chi connectivity index (χ3n) is 3.43. The Labute approximate surface area is 142 Å². The zero-order valence-corrected chi connectivity index (χ0v) is 13.8. The topological polar surface area (TPSA) is 76.0 Å². The molecule has 0 unspecified atom stereocenters. The lowest BCUT2D eigenvalue weighted by atomic mass is 10.2. The van der Waals surface area contributed by atoms with Crippen LogP contribution in [-0.4, -0.2) is 37.4 Å². The molecule has 0 aromatic heterocycles. The lowest BCUT2D eigenvalue weighted by Gasteiger charge is -2.26. The van der Waals surface area contributed by atoms with Crippen molar-refractivity contribution < 1.29 is 22.3 Å². The summed E-state index contributed by atoms with van der Waals surface area (Å²) < 4.78 is 44.6. The molecule has 0 atom stereocenters. The van der Waals surface area contributed by atoms with E-state index in [-0.39, 0.29) is 35.3 Å². The molecular weight excluding hydrogens is 359 g/mol. The number of halogens is 2. The highest BCUT2D eigenvalue weighted by Gasteiger charge is 2.25. The smallest absolute Gasteiger partial charge is 0.339 e. The number of sulfonamides is 1. The van der Waals surface area contributed by atoms with Gasteiger partial charge >= 0.3 is 5.97 Å². The van der Waals surface area contributed by atoms with E-state index in [0.717, 1.165) is 6.07 Å². The van der Waals surface area contributed by atoms with Crippen LogP contribution < -0.4 is 0 Å². The predicted molar refractivity (Wildman–Crippen MR) is 86.4 cm³/mol. The van der Waals surface area contributed by atoms with Gasteiger partial charge < -0.3 is 9.64 Å². The number of ether oxygens (including phenoxy) is 1. The molecule has 24 heavy (non-hydrogen) atoms. The summed E-state index contributed by atoms with van der Waals surface area (Å²) >= 11 is 5.88. The van der Waals surface area contributed by atoms with Crippen LogP contribution in [0, 0.1) is 5.82 Å². The number of benzene rings is 1. The largest absolute Gasteiger partial charge is 0.457 e. The number of nitrogens with zero attached hydrogens (tertiary/aromatic N) is 2. The molecule has 0 aliphatic carbocycles. The second-order valence-electron chi connectivity index (χ2n) is 5.16. The summed E-state index contributed by atoms with van der Waals surface area (Å²) in [6, 6.07) is 3.81. The summed E-state index contributed by atoms with van der Waals surface area (Å²) in [6.07, 6.45) is 4.37. The van der Waals surface area contributed by atoms with Gasteiger partial charge in [-0.05, 0) is 24.3 Å². The minimum atomic E-state index is -3.44. The van der Waals surface area contributed by atoms with E-state index >= 15 is 0 Å². The fourth-order valence-corrected chi connectivity index (χ4v) is 3.38. The van der Waals surface area contributed by atoms with E-state index < -0.39 is 21.8 Å². The second kappa shape index (κ2) is 6.37. The summed E-state index contributed by atoms with van der Waals surface area (Å²) in [7, 11) is -3.44. The van der Waals surface area contributed by atoms with Crippen LogP contribution in [0.1, 0.15) is 5.56 Å². The number of carbonyl (C=O) groups excluding carboxylic acids is 1. The normalized spacial score (nSPS) is 18.5. The predicted octanol–water partition coefficient (Wildman–Crippen LogP) is 2.02. The van der Waals surface area contributed by atoms with E-state index in [1.54, 1.807) is 4.90 Å². The number of hydrogen-bond acceptors (Lipinski definition) is 5. The Morgan fingerprint density at radius 2 is 2.17 bits per heavy atom. The maximum atomic E-state index is 13.0. The third-order valence-corrected chi connectivity index (χ3v) is 4.95. The Kier molecular flexibility index (Phi) is 4.42. The van der Waals surface area contributed by atoms with Gasteiger partial charge in [-0.2, -0.15) is 0 Å². The van der Waals surface area contributed by atoms with Crippen LogP contribution in [0.4, 0.5) is 4.39 Å². The summed E-state index contributed by atoms with van der Waals surface area (Å²) in [6.45, 7) is 0.116. The number of carbonyl (C=O) groups is 1. The molecule has 0 amide bonds. The van der Waals surface area contributed by atoms with E-state index in [4.69, 9.17) is 16.3 Å². The molecule has 1 aromatic carbocycles. The summed E-state index contributed by atoms with van der Waals surface area (Å²) in [5.74, 6) is -0.924. The maximum absolute atomic E-state index is 13.0. The average molecular weight is 371 g/mol. The van der Waals surface area contributed by atoms with Gasteiger partial charge in [-0.15, -0.1) is 4.40 Å². The molecule has 0 bridgehead atoms. The first-order chi connectivity index (χ1) is 11.3. The summed E-state index contributed by atoms with van der Waals surface area (Å²) in [5.41, 5.74) is 0.740. The van der Waals surface area contributed by atoms with E-state index in [1.807, 2.05) is 0 Å². The highest BCUT2D eigenvalue weighted by Crippen LogP contribution is 2.20. The highest BCUT2D eigenvalue weighted by molar-refractivity contribution is 7.90. The summed E-state index contributed by atoms with van der Waals surface area (Å²) in [4.78, 5) is 13.7. The molecule has 0 radical (unpaired) electrons. The van der Waals surface area contributed by atoms with Crippen molar-refractivity contribution >= 4 is 33.4 Å². The monoisotopic (exact) mass is 370 g/mol. The Balaban J connectivity index is 1.69. The number of esters is 1. The first-order valence-electron chi connectivity index (χ1n) is 6.94. The van der Waals surface area contributed by atoms with Crippen LogP contribution >= 0.6 is 11.6 Å². The Bertz CT molecular complexity index is 893. The van der Waals surface area contributed by atoms with Gasteiger partial charge in [-0.25, -0.2) is 17.6 Å². The molecule has 2 heterocycles. The molecule has 0 fully saturated rings. The van der Waals surface area contributed by atoms with Gasteiger partial charge in [0.2, 0.25) is 0 Å². The van der Waals surface area contributed by atoms with Crippen molar-refractivity contribution in [1.82, 2.24) is 4.90 Å². The molecule has 0 saturated heterocycles. The van der Waals surface area contributed by atoms with Gasteiger partial charge in [0.25, 0.3) is 10.0 Å². The van der Waals surface area contributed by atoms with Crippen molar-refractivity contribution in [3.63, 3.8) is 0 Å². The fourth-order valence-electron chi connectivity index (χ4n) is 2.19. The molecule has 2 aliphatic rings. The maximum Gasteiger partial charge on any atom is 0.339 e. The third kappa shape index (κ3) is 3.65. The second-order valence-corrected chi connectivity index (χ2v) is 7.32. The van der Waals surface area contributed by atoms with E-state index in [2.05, 4.69) is 4.40 Å². The van der Waals surface area contributed by atoms with Gasteiger partial charge in [0.05, 0.1) is 16.3 Å². The summed E-state index contributed by atoms with van der Waals surface area (Å²) in [5, 5.41) is 0.173. The van der Waals surface area contributed by atoms with Crippen molar-refractivity contribution in [2.24, 2.45) is 4.40 Å². The van der Waals surface area contributed by atoms with Crippen molar-refractivity contribution in [1.29, 1.82) is 0 Å². The fraction of sp³-hybridized carbons (Fsp3) is 0.200. The minimum Gasteiger partial charge on any atom is -0.457 e. The lowest BCUT2D eigenvalue weighted by Crippen LogP contribution is -2.37. The van der Waals surface area contributed by atoms with Gasteiger partial charge in [-0.3, -0.25) is 0 Å². The zero-order chi connectivity index (χ0) is 17.3. The van der Waals surface area contributed by atoms with Crippen LogP contribution in [0.25, 0.3) is 0 Å². The van der Waals surface area contributed by atoms with Crippen molar-refractivity contribution in [2.75, 3.05) is 12.3 Å². The average Bonchev–Trinajstić information content (AvgIpc) is 2.52. The molecule has 6 nitrogen and oxygen atoms in total. The van der Waals surface area contributed by atoms with E-state index in [9.17, 15) is 17.6 Å². The first-order valence-corrected chi connectivity index (χ1v) is 8.93. The van der Waals surface area contributed by atoms with E-state index in [0.29, 0.717) is 5.56 Å². The first kappa shape index (κ1) is 16.7. The number of fused-ring (bicyclic) bond motifs is 1. The van der Waals surface area contributed by atoms with Crippen LogP contribution in [-0.2, 0) is 26.2 Å². The molecule has 0 saturated carbocycles. The molecular formula is C15H12ClFN2O4S. The molecule has 2 aliphatic heterocycles. The zero-order valence-electron chi connectivity index (χ0n) is 12.3. The lowest BCUT2D eigenvalue weighted by molar-refractivity contribution is -0.139. The highest BCUT2D eigenvalue weighted by atomic mass is 35.5. The van der Waals surface area contributed by atoms with Crippen LogP contribution in [0.3, 0.4) is 0 Å². The molecule has 1 aromatic rings. The van der Waals surface area contributed by atoms with Crippen LogP contribution in [0.15, 0.2) is 46.5 Å². The van der Waals surface area contributed by atoms with E-state index in [1.165, 1.54) is 30.5 Å². The molecule has 9 heteroatoms. The van der Waals surface area contributed by atoms with Crippen LogP contribution in [0.2, 0.25) is 5.02 Å². The quantitative estimate of drug-likeness (QED) is 0.761. The molecule has 126 valence electrons.